The van der Waals surface area contributed by atoms with E-state index in [1.807, 2.05) is 0 Å². The van der Waals surface area contributed by atoms with Gasteiger partial charge in [-0.25, -0.2) is 0 Å². The fourth-order valence-corrected chi connectivity index (χ4v) is 2.23. The van der Waals surface area contributed by atoms with Crippen LogP contribution in [0.25, 0.3) is 0 Å². The predicted molar refractivity (Wildman–Crippen MR) is 48.8 cm³/mol. The van der Waals surface area contributed by atoms with E-state index in [4.69, 9.17) is 0 Å². The molecule has 12 heavy (non-hydrogen) atoms. The van der Waals surface area contributed by atoms with Gasteiger partial charge in [-0.2, -0.15) is 0 Å². The summed E-state index contributed by atoms with van der Waals surface area (Å²) >= 11 is 0. The third kappa shape index (κ3) is 1.33. The number of hydrogen-bond donors (Lipinski definition) is 0. The van der Waals surface area contributed by atoms with Crippen LogP contribution in [0.4, 0.5) is 0 Å². The minimum absolute atomic E-state index is 0.378. The molecule has 1 nitrogen and oxygen atoms in total. The van der Waals surface area contributed by atoms with E-state index in [0.29, 0.717) is 17.6 Å². The van der Waals surface area contributed by atoms with Crippen molar-refractivity contribution in [3.63, 3.8) is 0 Å². The number of Topliss-reactive ketones (excluding diaryl/α,β-unsaturated/α-hetero) is 1. The summed E-state index contributed by atoms with van der Waals surface area (Å²) in [4.78, 5) is 11.5. The summed E-state index contributed by atoms with van der Waals surface area (Å²) in [7, 11) is 0. The number of fused-ring (bicyclic) bond motifs is 1. The van der Waals surface area contributed by atoms with Gasteiger partial charge in [-0.3, -0.25) is 4.79 Å². The topological polar surface area (TPSA) is 17.1 Å². The number of carbonyl (C=O) groups is 1. The largest absolute Gasteiger partial charge is 0.299 e. The zero-order valence-corrected chi connectivity index (χ0v) is 7.84. The van der Waals surface area contributed by atoms with Crippen molar-refractivity contribution in [1.82, 2.24) is 0 Å². The molecule has 0 aromatic rings. The molecule has 0 radical (unpaired) electrons. The van der Waals surface area contributed by atoms with Gasteiger partial charge in [0.15, 0.2) is 0 Å². The number of rotatable bonds is 2. The highest BCUT2D eigenvalue weighted by Crippen LogP contribution is 2.52. The van der Waals surface area contributed by atoms with Crippen LogP contribution >= 0.6 is 0 Å². The quantitative estimate of drug-likeness (QED) is 0.573. The van der Waals surface area contributed by atoms with E-state index in [1.54, 1.807) is 0 Å². The summed E-state index contributed by atoms with van der Waals surface area (Å²) in [6.07, 6.45) is 5.57. The van der Waals surface area contributed by atoms with E-state index < -0.39 is 0 Å². The van der Waals surface area contributed by atoms with Crippen molar-refractivity contribution >= 4 is 5.78 Å². The molecule has 3 atom stereocenters. The van der Waals surface area contributed by atoms with Crippen molar-refractivity contribution in [3.05, 3.63) is 11.6 Å². The van der Waals surface area contributed by atoms with Crippen LogP contribution in [0.15, 0.2) is 11.6 Å². The first-order valence-electron chi connectivity index (χ1n) is 4.85. The first kappa shape index (κ1) is 8.03. The normalized spacial score (nSPS) is 37.8. The van der Waals surface area contributed by atoms with Crippen LogP contribution in [0, 0.1) is 17.8 Å². The number of ketones is 1. The molecule has 2 rings (SSSR count). The second kappa shape index (κ2) is 2.72. The average molecular weight is 164 g/mol. The fraction of sp³-hybridized carbons (Fsp3) is 0.727. The van der Waals surface area contributed by atoms with Gasteiger partial charge >= 0.3 is 0 Å². The van der Waals surface area contributed by atoms with Crippen molar-refractivity contribution in [2.45, 2.75) is 33.1 Å². The molecule has 1 heteroatoms. The first-order chi connectivity index (χ1) is 5.68. The molecule has 0 bridgehead atoms. The highest BCUT2D eigenvalue weighted by atomic mass is 16.1. The monoisotopic (exact) mass is 164 g/mol. The van der Waals surface area contributed by atoms with Gasteiger partial charge in [0.1, 0.15) is 5.78 Å². The van der Waals surface area contributed by atoms with Crippen LogP contribution in [0.5, 0.6) is 0 Å². The van der Waals surface area contributed by atoms with Crippen molar-refractivity contribution < 1.29 is 4.79 Å². The molecule has 0 spiro atoms. The lowest BCUT2D eigenvalue weighted by molar-refractivity contribution is -0.122. The van der Waals surface area contributed by atoms with Gasteiger partial charge < -0.3 is 0 Å². The van der Waals surface area contributed by atoms with Gasteiger partial charge in [-0.15, -0.1) is 0 Å². The van der Waals surface area contributed by atoms with Gasteiger partial charge in [-0.1, -0.05) is 11.6 Å². The Morgan fingerprint density at radius 1 is 1.50 bits per heavy atom. The zero-order chi connectivity index (χ0) is 8.72. The Morgan fingerprint density at radius 3 is 2.75 bits per heavy atom. The van der Waals surface area contributed by atoms with Gasteiger partial charge in [0, 0.05) is 11.8 Å². The molecule has 0 unspecified atom stereocenters. The summed E-state index contributed by atoms with van der Waals surface area (Å²) in [6.45, 7) is 4.19. The third-order valence-electron chi connectivity index (χ3n) is 3.09. The van der Waals surface area contributed by atoms with Crippen LogP contribution in [-0.2, 0) is 4.79 Å². The molecule has 0 amide bonds. The molecular weight excluding hydrogens is 148 g/mol. The maximum Gasteiger partial charge on any atom is 0.139 e. The lowest BCUT2D eigenvalue weighted by Gasteiger charge is -2.06. The fourth-order valence-electron chi connectivity index (χ4n) is 2.23. The summed E-state index contributed by atoms with van der Waals surface area (Å²) in [5, 5.41) is 0. The Bertz CT molecular complexity index is 235. The number of hydrogen-bond acceptors (Lipinski definition) is 1. The van der Waals surface area contributed by atoms with Crippen molar-refractivity contribution in [2.24, 2.45) is 17.8 Å². The van der Waals surface area contributed by atoms with Gasteiger partial charge in [-0.05, 0) is 39.0 Å². The molecule has 0 aliphatic heterocycles. The van der Waals surface area contributed by atoms with Gasteiger partial charge in [0.05, 0.1) is 0 Å². The second-order valence-corrected chi connectivity index (χ2v) is 4.45. The van der Waals surface area contributed by atoms with Crippen LogP contribution in [0.1, 0.15) is 33.1 Å². The minimum Gasteiger partial charge on any atom is -0.299 e. The van der Waals surface area contributed by atoms with E-state index in [0.717, 1.165) is 12.3 Å². The molecular formula is C11H16O. The zero-order valence-electron chi connectivity index (χ0n) is 7.84. The highest BCUT2D eigenvalue weighted by molar-refractivity contribution is 5.88. The summed E-state index contributed by atoms with van der Waals surface area (Å²) in [6, 6.07) is 0. The molecule has 0 aromatic carbocycles. The van der Waals surface area contributed by atoms with E-state index in [2.05, 4.69) is 19.9 Å². The standard InChI is InChI=1S/C11H16O/c1-7(2)3-4-8-5-9-6-10(9)11(8)12/h3,8-10H,4-6H2,1-2H3/t8-,9-,10-/m1/s1. The first-order valence-corrected chi connectivity index (χ1v) is 4.85. The van der Waals surface area contributed by atoms with Crippen LogP contribution in [-0.4, -0.2) is 5.78 Å². The summed E-state index contributed by atoms with van der Waals surface area (Å²) in [5.74, 6) is 2.20. The van der Waals surface area contributed by atoms with Crippen molar-refractivity contribution in [1.29, 1.82) is 0 Å². The number of carbonyl (C=O) groups excluding carboxylic acids is 1. The lowest BCUT2D eigenvalue weighted by atomic mass is 9.97. The third-order valence-corrected chi connectivity index (χ3v) is 3.09. The van der Waals surface area contributed by atoms with E-state index >= 15 is 0 Å². The molecule has 0 heterocycles. The van der Waals surface area contributed by atoms with Crippen molar-refractivity contribution in [3.8, 4) is 0 Å². The maximum absolute atomic E-state index is 11.5. The average Bonchev–Trinajstić information content (AvgIpc) is 2.70. The Balaban J connectivity index is 1.90. The van der Waals surface area contributed by atoms with Crippen molar-refractivity contribution in [2.75, 3.05) is 0 Å². The number of allylic oxidation sites excluding steroid dienone is 2. The van der Waals surface area contributed by atoms with E-state index in [9.17, 15) is 4.79 Å². The van der Waals surface area contributed by atoms with Crippen LogP contribution in [0.3, 0.4) is 0 Å². The lowest BCUT2D eigenvalue weighted by Crippen LogP contribution is -2.09. The molecule has 2 aliphatic rings. The predicted octanol–water partition coefficient (Wildman–Crippen LogP) is 2.57. The SMILES string of the molecule is CC(C)=CC[C@@H]1C[C@@H]2C[C@H]2C1=O. The van der Waals surface area contributed by atoms with Crippen LogP contribution < -0.4 is 0 Å². The molecule has 0 N–H and O–H groups in total. The smallest absolute Gasteiger partial charge is 0.139 e. The summed E-state index contributed by atoms with van der Waals surface area (Å²) < 4.78 is 0. The van der Waals surface area contributed by atoms with E-state index in [1.165, 1.54) is 18.4 Å². The molecule has 2 fully saturated rings. The Hall–Kier alpha value is -0.590. The molecule has 0 saturated heterocycles. The Morgan fingerprint density at radius 2 is 2.25 bits per heavy atom. The van der Waals surface area contributed by atoms with Gasteiger partial charge in [0.25, 0.3) is 0 Å². The molecule has 66 valence electrons. The van der Waals surface area contributed by atoms with Gasteiger partial charge in [0.2, 0.25) is 0 Å². The van der Waals surface area contributed by atoms with Crippen LogP contribution in [0.2, 0.25) is 0 Å². The Kier molecular flexibility index (Phi) is 1.82. The van der Waals surface area contributed by atoms with E-state index in [-0.39, 0.29) is 0 Å². The molecule has 2 aliphatic carbocycles. The highest BCUT2D eigenvalue weighted by Gasteiger charge is 2.52. The molecule has 0 aromatic heterocycles. The maximum atomic E-state index is 11.5. The summed E-state index contributed by atoms with van der Waals surface area (Å²) in [5.41, 5.74) is 1.34. The Labute approximate surface area is 73.8 Å². The minimum atomic E-state index is 0.378. The second-order valence-electron chi connectivity index (χ2n) is 4.45. The molecule has 2 saturated carbocycles.